The molecule has 7 heteroatoms. The second-order valence-electron chi connectivity index (χ2n) is 3.12. The summed E-state index contributed by atoms with van der Waals surface area (Å²) in [6.07, 6.45) is 1.62. The Bertz CT molecular complexity index is 660. The number of carbonyl (C=O) groups is 1. The predicted molar refractivity (Wildman–Crippen MR) is 64.0 cm³/mol. The van der Waals surface area contributed by atoms with Gasteiger partial charge in [0.25, 0.3) is 0 Å². The maximum atomic E-state index is 11.4. The van der Waals surface area contributed by atoms with Crippen LogP contribution in [0.3, 0.4) is 0 Å². The Morgan fingerprint density at radius 1 is 1.71 bits per heavy atom. The fraction of sp³-hybridized carbons (Fsp3) is 0.100. The van der Waals surface area contributed by atoms with Gasteiger partial charge in [0, 0.05) is 10.7 Å². The fourth-order valence-corrected chi connectivity index (χ4v) is 2.07. The number of hydrogen-bond acceptors (Lipinski definition) is 4. The molecule has 86 valence electrons. The molecule has 17 heavy (non-hydrogen) atoms. The van der Waals surface area contributed by atoms with E-state index in [0.29, 0.717) is 15.7 Å². The first-order chi connectivity index (χ1) is 8.08. The zero-order valence-electron chi connectivity index (χ0n) is 8.57. The van der Waals surface area contributed by atoms with Gasteiger partial charge in [-0.15, -0.1) is 0 Å². The number of nitriles is 1. The van der Waals surface area contributed by atoms with Crippen molar-refractivity contribution in [2.24, 2.45) is 0 Å². The average Bonchev–Trinajstić information content (AvgIpc) is 2.65. The van der Waals surface area contributed by atoms with Crippen molar-refractivity contribution < 1.29 is 9.53 Å². The van der Waals surface area contributed by atoms with E-state index in [1.54, 1.807) is 12.3 Å². The number of ether oxygens (including phenoxy) is 1. The number of hydrogen-bond donors (Lipinski definition) is 0. The van der Waals surface area contributed by atoms with E-state index in [2.05, 4.69) is 25.7 Å². The zero-order valence-corrected chi connectivity index (χ0v) is 10.9. The molecular weight excluding hydrogens is 309 g/mol. The van der Waals surface area contributed by atoms with Crippen molar-refractivity contribution in [2.45, 2.75) is 0 Å². The van der Waals surface area contributed by atoms with Crippen molar-refractivity contribution in [2.75, 3.05) is 7.11 Å². The van der Waals surface area contributed by atoms with Crippen molar-refractivity contribution in [1.29, 1.82) is 5.26 Å². The van der Waals surface area contributed by atoms with E-state index in [4.69, 9.17) is 16.9 Å². The SMILES string of the molecule is COC(=O)c1nc2c(C#N)cc(Br)cn2c1Cl. The summed E-state index contributed by atoms with van der Waals surface area (Å²) in [6, 6.07) is 3.58. The molecule has 0 aliphatic rings. The van der Waals surface area contributed by atoms with Crippen LogP contribution in [0.1, 0.15) is 16.1 Å². The van der Waals surface area contributed by atoms with Crippen LogP contribution in [-0.4, -0.2) is 22.5 Å². The third kappa shape index (κ3) is 1.88. The van der Waals surface area contributed by atoms with Crippen LogP contribution in [0.15, 0.2) is 16.7 Å². The van der Waals surface area contributed by atoms with Crippen molar-refractivity contribution in [3.05, 3.63) is 33.1 Å². The summed E-state index contributed by atoms with van der Waals surface area (Å²) in [5.41, 5.74) is 0.626. The molecule has 2 heterocycles. The molecule has 2 aromatic heterocycles. The van der Waals surface area contributed by atoms with E-state index in [9.17, 15) is 4.79 Å². The maximum absolute atomic E-state index is 11.4. The molecule has 0 aromatic carbocycles. The summed E-state index contributed by atoms with van der Waals surface area (Å²) >= 11 is 9.25. The van der Waals surface area contributed by atoms with Crippen LogP contribution < -0.4 is 0 Å². The van der Waals surface area contributed by atoms with Crippen LogP contribution in [0.4, 0.5) is 0 Å². The second kappa shape index (κ2) is 4.35. The van der Waals surface area contributed by atoms with Gasteiger partial charge in [-0.3, -0.25) is 4.40 Å². The van der Waals surface area contributed by atoms with Crippen LogP contribution >= 0.6 is 27.5 Å². The molecule has 0 aliphatic heterocycles. The minimum atomic E-state index is -0.640. The molecule has 0 radical (unpaired) electrons. The van der Waals surface area contributed by atoms with Gasteiger partial charge < -0.3 is 4.74 Å². The van der Waals surface area contributed by atoms with Crippen LogP contribution in [0.25, 0.3) is 5.65 Å². The number of fused-ring (bicyclic) bond motifs is 1. The Balaban J connectivity index is 2.83. The molecule has 5 nitrogen and oxygen atoms in total. The topological polar surface area (TPSA) is 67.4 Å². The van der Waals surface area contributed by atoms with Crippen molar-refractivity contribution in [3.8, 4) is 6.07 Å². The molecular formula is C10H5BrClN3O2. The monoisotopic (exact) mass is 313 g/mol. The number of methoxy groups -OCH3 is 1. The summed E-state index contributed by atoms with van der Waals surface area (Å²) < 4.78 is 6.68. The molecule has 0 aliphatic carbocycles. The number of halogens is 2. The molecule has 0 saturated carbocycles. The summed E-state index contributed by atoms with van der Waals surface area (Å²) in [5.74, 6) is -0.640. The molecule has 0 saturated heterocycles. The average molecular weight is 315 g/mol. The molecule has 2 aromatic rings. The van der Waals surface area contributed by atoms with E-state index in [1.165, 1.54) is 11.5 Å². The first-order valence-electron chi connectivity index (χ1n) is 4.44. The number of carbonyl (C=O) groups excluding carboxylic acids is 1. The first kappa shape index (κ1) is 11.9. The summed E-state index contributed by atoms with van der Waals surface area (Å²) in [5, 5.41) is 9.09. The maximum Gasteiger partial charge on any atom is 0.359 e. The zero-order chi connectivity index (χ0) is 12.6. The molecule has 0 unspecified atom stereocenters. The van der Waals surface area contributed by atoms with Crippen molar-refractivity contribution in [1.82, 2.24) is 9.38 Å². The lowest BCUT2D eigenvalue weighted by molar-refractivity contribution is 0.0595. The first-order valence-corrected chi connectivity index (χ1v) is 5.61. The minimum absolute atomic E-state index is 0.0104. The Morgan fingerprint density at radius 2 is 2.41 bits per heavy atom. The lowest BCUT2D eigenvalue weighted by Crippen LogP contribution is -2.02. The van der Waals surface area contributed by atoms with Gasteiger partial charge in [0.2, 0.25) is 0 Å². The van der Waals surface area contributed by atoms with Gasteiger partial charge in [0.15, 0.2) is 11.3 Å². The predicted octanol–water partition coefficient (Wildman–Crippen LogP) is 2.41. The molecule has 0 N–H and O–H groups in total. The normalized spacial score (nSPS) is 10.2. The van der Waals surface area contributed by atoms with Gasteiger partial charge in [0.05, 0.1) is 12.7 Å². The highest BCUT2D eigenvalue weighted by Gasteiger charge is 2.20. The number of rotatable bonds is 1. The largest absolute Gasteiger partial charge is 0.464 e. The molecule has 0 amide bonds. The Kier molecular flexibility index (Phi) is 3.05. The number of aromatic nitrogens is 2. The van der Waals surface area contributed by atoms with Crippen LogP contribution in [-0.2, 0) is 4.74 Å². The third-order valence-corrected chi connectivity index (χ3v) is 2.92. The Morgan fingerprint density at radius 3 is 3.00 bits per heavy atom. The Labute approximate surface area is 110 Å². The standard InChI is InChI=1S/C10H5BrClN3O2/c1-17-10(16)7-8(12)15-4-6(11)2-5(3-13)9(15)14-7/h2,4H,1H3. The van der Waals surface area contributed by atoms with Gasteiger partial charge in [-0.25, -0.2) is 9.78 Å². The molecule has 0 atom stereocenters. The lowest BCUT2D eigenvalue weighted by atomic mass is 10.3. The fourth-order valence-electron chi connectivity index (χ4n) is 1.39. The van der Waals surface area contributed by atoms with Crippen LogP contribution in [0.2, 0.25) is 5.15 Å². The summed E-state index contributed by atoms with van der Waals surface area (Å²) in [4.78, 5) is 15.4. The van der Waals surface area contributed by atoms with Gasteiger partial charge >= 0.3 is 5.97 Å². The smallest absolute Gasteiger partial charge is 0.359 e. The number of pyridine rings is 1. The lowest BCUT2D eigenvalue weighted by Gasteiger charge is -1.98. The molecule has 0 fully saturated rings. The van der Waals surface area contributed by atoms with E-state index >= 15 is 0 Å². The van der Waals surface area contributed by atoms with E-state index in [1.807, 2.05) is 6.07 Å². The van der Waals surface area contributed by atoms with Gasteiger partial charge in [-0.1, -0.05) is 11.6 Å². The molecule has 0 spiro atoms. The third-order valence-electron chi connectivity index (χ3n) is 2.13. The van der Waals surface area contributed by atoms with E-state index in [-0.39, 0.29) is 10.8 Å². The van der Waals surface area contributed by atoms with Crippen molar-refractivity contribution in [3.63, 3.8) is 0 Å². The highest BCUT2D eigenvalue weighted by molar-refractivity contribution is 9.10. The summed E-state index contributed by atoms with van der Waals surface area (Å²) in [7, 11) is 1.24. The second-order valence-corrected chi connectivity index (χ2v) is 4.39. The molecule has 2 rings (SSSR count). The van der Waals surface area contributed by atoms with E-state index in [0.717, 1.165) is 0 Å². The Hall–Kier alpha value is -1.58. The minimum Gasteiger partial charge on any atom is -0.464 e. The van der Waals surface area contributed by atoms with Gasteiger partial charge in [0.1, 0.15) is 11.2 Å². The van der Waals surface area contributed by atoms with Crippen molar-refractivity contribution >= 4 is 39.1 Å². The number of nitrogens with zero attached hydrogens (tertiary/aromatic N) is 3. The van der Waals surface area contributed by atoms with Gasteiger partial charge in [-0.05, 0) is 22.0 Å². The highest BCUT2D eigenvalue weighted by atomic mass is 79.9. The quantitative estimate of drug-likeness (QED) is 0.758. The van der Waals surface area contributed by atoms with E-state index < -0.39 is 5.97 Å². The molecule has 0 bridgehead atoms. The number of esters is 1. The van der Waals surface area contributed by atoms with Crippen LogP contribution in [0, 0.1) is 11.3 Å². The summed E-state index contributed by atoms with van der Waals surface area (Å²) in [6.45, 7) is 0. The van der Waals surface area contributed by atoms with Crippen LogP contribution in [0.5, 0.6) is 0 Å². The van der Waals surface area contributed by atoms with Gasteiger partial charge in [-0.2, -0.15) is 5.26 Å². The highest BCUT2D eigenvalue weighted by Crippen LogP contribution is 2.24. The number of imidazole rings is 1.